The fourth-order valence-corrected chi connectivity index (χ4v) is 3.45. The molecule has 0 amide bonds. The van der Waals surface area contributed by atoms with E-state index in [-0.39, 0.29) is 0 Å². The molecule has 6 heteroatoms. The molecule has 6 nitrogen and oxygen atoms in total. The normalized spacial score (nSPS) is 19.1. The number of hydrogen-bond acceptors (Lipinski definition) is 6. The molecule has 0 spiro atoms. The summed E-state index contributed by atoms with van der Waals surface area (Å²) in [5, 5.41) is 3.41. The Kier molecular flexibility index (Phi) is 4.34. The molecule has 0 bridgehead atoms. The van der Waals surface area contributed by atoms with Crippen LogP contribution >= 0.6 is 0 Å². The van der Waals surface area contributed by atoms with Crippen LogP contribution in [0.5, 0.6) is 11.5 Å². The fraction of sp³-hybridized carbons (Fsp3) is 0.474. The van der Waals surface area contributed by atoms with E-state index in [0.29, 0.717) is 19.3 Å². The molecule has 1 atom stereocenters. The van der Waals surface area contributed by atoms with Crippen LogP contribution in [0.25, 0.3) is 0 Å². The Balaban J connectivity index is 1.47. The number of nitrogens with one attached hydrogen (secondary N) is 1. The number of rotatable bonds is 4. The van der Waals surface area contributed by atoms with Crippen molar-refractivity contribution >= 4 is 11.6 Å². The molecule has 0 aliphatic carbocycles. The van der Waals surface area contributed by atoms with Gasteiger partial charge in [-0.25, -0.2) is 9.97 Å². The molecule has 1 N–H and O–H groups in total. The van der Waals surface area contributed by atoms with Crippen molar-refractivity contribution in [3.8, 4) is 11.5 Å². The smallest absolute Gasteiger partial charge is 0.231 e. The first-order valence-corrected chi connectivity index (χ1v) is 8.90. The van der Waals surface area contributed by atoms with Crippen LogP contribution in [0, 0.1) is 12.8 Å². The van der Waals surface area contributed by atoms with Gasteiger partial charge in [-0.3, -0.25) is 0 Å². The lowest BCUT2D eigenvalue weighted by Crippen LogP contribution is -2.35. The number of benzene rings is 1. The van der Waals surface area contributed by atoms with E-state index in [9.17, 15) is 0 Å². The maximum absolute atomic E-state index is 5.44. The first kappa shape index (κ1) is 16.0. The molecule has 1 aromatic heterocycles. The minimum absolute atomic E-state index is 0.301. The van der Waals surface area contributed by atoms with E-state index in [2.05, 4.69) is 33.2 Å². The zero-order chi connectivity index (χ0) is 17.2. The van der Waals surface area contributed by atoms with Gasteiger partial charge in [-0.1, -0.05) is 13.0 Å². The highest BCUT2D eigenvalue weighted by atomic mass is 16.7. The summed E-state index contributed by atoms with van der Waals surface area (Å²) in [6.45, 7) is 7.37. The fourth-order valence-electron chi connectivity index (χ4n) is 3.45. The zero-order valence-electron chi connectivity index (χ0n) is 14.8. The first-order chi connectivity index (χ1) is 12.2. The van der Waals surface area contributed by atoms with Gasteiger partial charge in [0.15, 0.2) is 11.5 Å². The van der Waals surface area contributed by atoms with Gasteiger partial charge in [-0.05, 0) is 43.4 Å². The van der Waals surface area contributed by atoms with E-state index in [1.54, 1.807) is 0 Å². The van der Waals surface area contributed by atoms with Crippen LogP contribution in [-0.4, -0.2) is 29.9 Å². The monoisotopic (exact) mass is 340 g/mol. The number of nitrogens with zero attached hydrogens (tertiary/aromatic N) is 3. The second-order valence-electron chi connectivity index (χ2n) is 6.89. The van der Waals surface area contributed by atoms with Crippen LogP contribution in [-0.2, 0) is 6.54 Å². The summed E-state index contributed by atoms with van der Waals surface area (Å²) in [5.74, 6) is 5.01. The lowest BCUT2D eigenvalue weighted by molar-refractivity contribution is 0.174. The lowest BCUT2D eigenvalue weighted by Gasteiger charge is -2.32. The van der Waals surface area contributed by atoms with Crippen LogP contribution in [0.4, 0.5) is 11.6 Å². The number of hydrogen-bond donors (Lipinski definition) is 1. The maximum atomic E-state index is 5.44. The Hall–Kier alpha value is -2.50. The highest BCUT2D eigenvalue weighted by molar-refractivity contribution is 5.51. The third-order valence-corrected chi connectivity index (χ3v) is 4.72. The van der Waals surface area contributed by atoms with E-state index in [1.807, 2.05) is 25.1 Å². The minimum Gasteiger partial charge on any atom is -0.454 e. The highest BCUT2D eigenvalue weighted by Gasteiger charge is 2.18. The molecular weight excluding hydrogens is 316 g/mol. The number of ether oxygens (including phenoxy) is 2. The SMILES string of the molecule is Cc1nc(NCc2ccc3c(c2)OCO3)cc(N2CCCC(C)C2)n1. The minimum atomic E-state index is 0.301. The average molecular weight is 340 g/mol. The number of fused-ring (bicyclic) bond motifs is 1. The van der Waals surface area contributed by atoms with Crippen molar-refractivity contribution in [1.82, 2.24) is 9.97 Å². The van der Waals surface area contributed by atoms with Crippen molar-refractivity contribution in [3.63, 3.8) is 0 Å². The van der Waals surface area contributed by atoms with Crippen molar-refractivity contribution in [2.24, 2.45) is 5.92 Å². The molecule has 3 heterocycles. The first-order valence-electron chi connectivity index (χ1n) is 8.90. The van der Waals surface area contributed by atoms with Crippen LogP contribution < -0.4 is 19.7 Å². The zero-order valence-corrected chi connectivity index (χ0v) is 14.8. The molecule has 4 rings (SSSR count). The number of anilines is 2. The van der Waals surface area contributed by atoms with E-state index < -0.39 is 0 Å². The topological polar surface area (TPSA) is 59.5 Å². The van der Waals surface area contributed by atoms with E-state index in [1.165, 1.54) is 12.8 Å². The Labute approximate surface area is 148 Å². The predicted molar refractivity (Wildman–Crippen MR) is 97.3 cm³/mol. The van der Waals surface area contributed by atoms with E-state index in [0.717, 1.165) is 47.6 Å². The predicted octanol–water partition coefficient (Wildman–Crippen LogP) is 3.36. The van der Waals surface area contributed by atoms with Gasteiger partial charge in [0, 0.05) is 25.7 Å². The summed E-state index contributed by atoms with van der Waals surface area (Å²) in [6, 6.07) is 8.06. The standard InChI is InChI=1S/C19H24N4O2/c1-13-4-3-7-23(11-13)19-9-18(21-14(2)22-19)20-10-15-5-6-16-17(8-15)25-12-24-16/h5-6,8-9,13H,3-4,7,10-12H2,1-2H3,(H,20,21,22). The highest BCUT2D eigenvalue weighted by Crippen LogP contribution is 2.32. The Morgan fingerprint density at radius 2 is 2.08 bits per heavy atom. The lowest BCUT2D eigenvalue weighted by atomic mass is 10.0. The molecule has 25 heavy (non-hydrogen) atoms. The summed E-state index contributed by atoms with van der Waals surface area (Å²) in [5.41, 5.74) is 1.13. The van der Waals surface area contributed by atoms with Crippen LogP contribution in [0.3, 0.4) is 0 Å². The summed E-state index contributed by atoms with van der Waals surface area (Å²) < 4.78 is 10.8. The maximum Gasteiger partial charge on any atom is 0.231 e. The van der Waals surface area contributed by atoms with Gasteiger partial charge in [0.2, 0.25) is 6.79 Å². The van der Waals surface area contributed by atoms with Gasteiger partial charge in [0.1, 0.15) is 17.5 Å². The Morgan fingerprint density at radius 3 is 2.96 bits per heavy atom. The largest absolute Gasteiger partial charge is 0.454 e. The molecule has 1 saturated heterocycles. The van der Waals surface area contributed by atoms with Crippen molar-refractivity contribution in [3.05, 3.63) is 35.7 Å². The molecule has 1 aromatic carbocycles. The molecule has 2 aliphatic heterocycles. The molecule has 1 fully saturated rings. The third-order valence-electron chi connectivity index (χ3n) is 4.72. The quantitative estimate of drug-likeness (QED) is 0.921. The van der Waals surface area contributed by atoms with Crippen LogP contribution in [0.2, 0.25) is 0 Å². The molecule has 132 valence electrons. The van der Waals surface area contributed by atoms with Crippen molar-refractivity contribution in [2.75, 3.05) is 30.1 Å². The van der Waals surface area contributed by atoms with Crippen LogP contribution in [0.15, 0.2) is 24.3 Å². The van der Waals surface area contributed by atoms with Gasteiger partial charge in [-0.15, -0.1) is 0 Å². The summed E-state index contributed by atoms with van der Waals surface area (Å²) in [7, 11) is 0. The van der Waals surface area contributed by atoms with E-state index >= 15 is 0 Å². The molecule has 2 aliphatic rings. The summed E-state index contributed by atoms with van der Waals surface area (Å²) in [6.07, 6.45) is 2.53. The molecule has 1 unspecified atom stereocenters. The van der Waals surface area contributed by atoms with E-state index in [4.69, 9.17) is 9.47 Å². The Bertz CT molecular complexity index is 765. The van der Waals surface area contributed by atoms with Crippen molar-refractivity contribution in [2.45, 2.75) is 33.2 Å². The molecule has 0 radical (unpaired) electrons. The van der Waals surface area contributed by atoms with Crippen molar-refractivity contribution < 1.29 is 9.47 Å². The Morgan fingerprint density at radius 1 is 1.20 bits per heavy atom. The average Bonchev–Trinajstić information content (AvgIpc) is 3.07. The summed E-state index contributed by atoms with van der Waals surface area (Å²) >= 11 is 0. The van der Waals surface area contributed by atoms with Gasteiger partial charge < -0.3 is 19.7 Å². The molecular formula is C19H24N4O2. The van der Waals surface area contributed by atoms with Gasteiger partial charge >= 0.3 is 0 Å². The molecule has 0 saturated carbocycles. The third kappa shape index (κ3) is 3.62. The number of aryl methyl sites for hydroxylation is 1. The van der Waals surface area contributed by atoms with Crippen molar-refractivity contribution in [1.29, 1.82) is 0 Å². The van der Waals surface area contributed by atoms with Crippen LogP contribution in [0.1, 0.15) is 31.2 Å². The number of aromatic nitrogens is 2. The van der Waals surface area contributed by atoms with Gasteiger partial charge in [-0.2, -0.15) is 0 Å². The molecule has 2 aromatic rings. The second kappa shape index (κ2) is 6.78. The van der Waals surface area contributed by atoms with Gasteiger partial charge in [0.25, 0.3) is 0 Å². The summed E-state index contributed by atoms with van der Waals surface area (Å²) in [4.78, 5) is 11.5. The number of piperidine rings is 1. The second-order valence-corrected chi connectivity index (χ2v) is 6.89. The van der Waals surface area contributed by atoms with Gasteiger partial charge in [0.05, 0.1) is 0 Å².